The minimum Gasteiger partial charge on any atom is -0.497 e. The van der Waals surface area contributed by atoms with E-state index in [4.69, 9.17) is 9.47 Å². The highest BCUT2D eigenvalue weighted by molar-refractivity contribution is 5.92. The molecular weight excluding hydrogens is 356 g/mol. The van der Waals surface area contributed by atoms with Gasteiger partial charge in [0.25, 0.3) is 5.91 Å². The van der Waals surface area contributed by atoms with Crippen LogP contribution in [0.1, 0.15) is 43.1 Å². The van der Waals surface area contributed by atoms with Gasteiger partial charge in [0.15, 0.2) is 0 Å². The van der Waals surface area contributed by atoms with Gasteiger partial charge in [0, 0.05) is 12.6 Å². The molecule has 0 saturated carbocycles. The van der Waals surface area contributed by atoms with Crippen LogP contribution in [0.4, 0.5) is 5.82 Å². The van der Waals surface area contributed by atoms with Gasteiger partial charge in [-0.2, -0.15) is 0 Å². The second-order valence-corrected chi connectivity index (χ2v) is 6.79. The first-order valence-electron chi connectivity index (χ1n) is 9.85. The molecule has 0 bridgehead atoms. The quantitative estimate of drug-likeness (QED) is 0.703. The molecule has 150 valence electrons. The van der Waals surface area contributed by atoms with E-state index in [1.807, 2.05) is 29.2 Å². The van der Waals surface area contributed by atoms with Crippen LogP contribution in [0.5, 0.6) is 11.5 Å². The molecule has 2 heterocycles. The largest absolute Gasteiger partial charge is 0.497 e. The smallest absolute Gasteiger partial charge is 0.274 e. The molecule has 3 rings (SSSR count). The Morgan fingerprint density at radius 1 is 1.18 bits per heavy atom. The van der Waals surface area contributed by atoms with E-state index in [0.717, 1.165) is 37.3 Å². The van der Waals surface area contributed by atoms with Gasteiger partial charge in [-0.05, 0) is 49.9 Å². The zero-order chi connectivity index (χ0) is 19.8. The number of anilines is 1. The predicted molar refractivity (Wildman–Crippen MR) is 108 cm³/mol. The normalized spacial score (nSPS) is 16.5. The summed E-state index contributed by atoms with van der Waals surface area (Å²) >= 11 is 0. The average molecular weight is 384 g/mol. The monoisotopic (exact) mass is 384 g/mol. The summed E-state index contributed by atoms with van der Waals surface area (Å²) in [4.78, 5) is 23.3. The SMILES string of the molecule is CCC1CCCCN1C(=O)c1cnc(NCCOc2ccc(OC)cc2)cn1. The summed E-state index contributed by atoms with van der Waals surface area (Å²) in [5.41, 5.74) is 0.403. The maximum Gasteiger partial charge on any atom is 0.274 e. The number of nitrogens with one attached hydrogen (secondary N) is 1. The summed E-state index contributed by atoms with van der Waals surface area (Å²) in [7, 11) is 1.63. The van der Waals surface area contributed by atoms with E-state index in [9.17, 15) is 4.79 Å². The Kier molecular flexibility index (Phi) is 7.06. The maximum absolute atomic E-state index is 12.7. The van der Waals surface area contributed by atoms with E-state index in [1.165, 1.54) is 6.42 Å². The molecular formula is C21H28N4O3. The third-order valence-corrected chi connectivity index (χ3v) is 4.97. The zero-order valence-corrected chi connectivity index (χ0v) is 16.6. The molecule has 1 aromatic heterocycles. The summed E-state index contributed by atoms with van der Waals surface area (Å²) < 4.78 is 10.8. The molecule has 1 amide bonds. The Hall–Kier alpha value is -2.83. The number of rotatable bonds is 8. The topological polar surface area (TPSA) is 76.6 Å². The second kappa shape index (κ2) is 9.92. The van der Waals surface area contributed by atoms with Crippen molar-refractivity contribution in [2.24, 2.45) is 0 Å². The number of nitrogens with zero attached hydrogens (tertiary/aromatic N) is 3. The van der Waals surface area contributed by atoms with Crippen LogP contribution in [0.15, 0.2) is 36.7 Å². The molecule has 1 unspecified atom stereocenters. The average Bonchev–Trinajstić information content (AvgIpc) is 2.77. The summed E-state index contributed by atoms with van der Waals surface area (Å²) in [5.74, 6) is 2.18. The molecule has 1 N–H and O–H groups in total. The number of benzene rings is 1. The van der Waals surface area contributed by atoms with Crippen molar-refractivity contribution in [2.45, 2.75) is 38.6 Å². The van der Waals surface area contributed by atoms with Crippen molar-refractivity contribution in [1.82, 2.24) is 14.9 Å². The number of hydrogen-bond donors (Lipinski definition) is 1. The standard InChI is InChI=1S/C21H28N4O3/c1-3-16-6-4-5-12-25(16)21(26)19-14-24-20(15-23-19)22-11-13-28-18-9-7-17(27-2)8-10-18/h7-10,14-16H,3-6,11-13H2,1-2H3,(H,22,24). The van der Waals surface area contributed by atoms with Crippen LogP contribution in [0.25, 0.3) is 0 Å². The molecule has 0 spiro atoms. The van der Waals surface area contributed by atoms with Gasteiger partial charge in [-0.3, -0.25) is 4.79 Å². The minimum absolute atomic E-state index is 0.0200. The van der Waals surface area contributed by atoms with Gasteiger partial charge in [0.2, 0.25) is 0 Å². The molecule has 0 radical (unpaired) electrons. The van der Waals surface area contributed by atoms with Crippen molar-refractivity contribution in [3.63, 3.8) is 0 Å². The lowest BCUT2D eigenvalue weighted by atomic mass is 10.00. The second-order valence-electron chi connectivity index (χ2n) is 6.79. The first-order valence-corrected chi connectivity index (χ1v) is 9.85. The molecule has 1 atom stereocenters. The highest BCUT2D eigenvalue weighted by Gasteiger charge is 2.27. The first-order chi connectivity index (χ1) is 13.7. The van der Waals surface area contributed by atoms with Gasteiger partial charge in [0.1, 0.15) is 29.6 Å². The number of carbonyl (C=O) groups excluding carboxylic acids is 1. The van der Waals surface area contributed by atoms with Crippen molar-refractivity contribution >= 4 is 11.7 Å². The van der Waals surface area contributed by atoms with Gasteiger partial charge in [0.05, 0.1) is 26.0 Å². The number of carbonyl (C=O) groups is 1. The molecule has 7 nitrogen and oxygen atoms in total. The van der Waals surface area contributed by atoms with Gasteiger partial charge >= 0.3 is 0 Å². The van der Waals surface area contributed by atoms with E-state index < -0.39 is 0 Å². The Morgan fingerprint density at radius 3 is 2.64 bits per heavy atom. The number of piperidine rings is 1. The summed E-state index contributed by atoms with van der Waals surface area (Å²) in [6.45, 7) is 4.00. The van der Waals surface area contributed by atoms with Gasteiger partial charge in [-0.1, -0.05) is 6.92 Å². The summed E-state index contributed by atoms with van der Waals surface area (Å²) in [6, 6.07) is 7.76. The fourth-order valence-electron chi connectivity index (χ4n) is 3.39. The number of aromatic nitrogens is 2. The summed E-state index contributed by atoms with van der Waals surface area (Å²) in [5, 5.41) is 3.15. The van der Waals surface area contributed by atoms with E-state index in [-0.39, 0.29) is 5.91 Å². The lowest BCUT2D eigenvalue weighted by Gasteiger charge is -2.34. The van der Waals surface area contributed by atoms with E-state index in [2.05, 4.69) is 22.2 Å². The molecule has 2 aromatic rings. The van der Waals surface area contributed by atoms with Gasteiger partial charge < -0.3 is 19.7 Å². The molecule has 1 fully saturated rings. The number of methoxy groups -OCH3 is 1. The van der Waals surface area contributed by atoms with Gasteiger partial charge in [-0.25, -0.2) is 9.97 Å². The highest BCUT2D eigenvalue weighted by Crippen LogP contribution is 2.21. The third-order valence-electron chi connectivity index (χ3n) is 4.97. The van der Waals surface area contributed by atoms with Crippen molar-refractivity contribution in [3.05, 3.63) is 42.4 Å². The molecule has 1 saturated heterocycles. The van der Waals surface area contributed by atoms with Crippen LogP contribution in [-0.2, 0) is 0 Å². The highest BCUT2D eigenvalue weighted by atomic mass is 16.5. The van der Waals surface area contributed by atoms with Crippen molar-refractivity contribution in [3.8, 4) is 11.5 Å². The Bertz CT molecular complexity index is 749. The molecule has 1 aromatic carbocycles. The number of likely N-dealkylation sites (tertiary alicyclic amines) is 1. The lowest BCUT2D eigenvalue weighted by molar-refractivity contribution is 0.0601. The lowest BCUT2D eigenvalue weighted by Crippen LogP contribution is -2.43. The Balaban J connectivity index is 1.46. The van der Waals surface area contributed by atoms with E-state index >= 15 is 0 Å². The van der Waals surface area contributed by atoms with Gasteiger partial charge in [-0.15, -0.1) is 0 Å². The van der Waals surface area contributed by atoms with Crippen molar-refractivity contribution in [2.75, 3.05) is 32.1 Å². The predicted octanol–water partition coefficient (Wildman–Crippen LogP) is 3.38. The van der Waals surface area contributed by atoms with Crippen LogP contribution in [-0.4, -0.2) is 53.6 Å². The first kappa shape index (κ1) is 19.9. The maximum atomic E-state index is 12.7. The van der Waals surface area contributed by atoms with Crippen LogP contribution in [0.3, 0.4) is 0 Å². The number of ether oxygens (including phenoxy) is 2. The Labute approximate surface area is 166 Å². The third kappa shape index (κ3) is 5.12. The molecule has 28 heavy (non-hydrogen) atoms. The number of hydrogen-bond acceptors (Lipinski definition) is 6. The Morgan fingerprint density at radius 2 is 1.96 bits per heavy atom. The van der Waals surface area contributed by atoms with Crippen LogP contribution < -0.4 is 14.8 Å². The van der Waals surface area contributed by atoms with Crippen molar-refractivity contribution in [1.29, 1.82) is 0 Å². The fraction of sp³-hybridized carbons (Fsp3) is 0.476. The minimum atomic E-state index is -0.0200. The van der Waals surface area contributed by atoms with Crippen LogP contribution in [0, 0.1) is 0 Å². The molecule has 1 aliphatic heterocycles. The van der Waals surface area contributed by atoms with Crippen molar-refractivity contribution < 1.29 is 14.3 Å². The number of amides is 1. The molecule has 0 aliphatic carbocycles. The van der Waals surface area contributed by atoms with E-state index in [0.29, 0.717) is 30.7 Å². The van der Waals surface area contributed by atoms with Crippen LogP contribution >= 0.6 is 0 Å². The molecule has 7 heteroatoms. The molecule has 1 aliphatic rings. The zero-order valence-electron chi connectivity index (χ0n) is 16.6. The van der Waals surface area contributed by atoms with E-state index in [1.54, 1.807) is 19.5 Å². The fourth-order valence-corrected chi connectivity index (χ4v) is 3.39. The van der Waals surface area contributed by atoms with Crippen LogP contribution in [0.2, 0.25) is 0 Å². The summed E-state index contributed by atoms with van der Waals surface area (Å²) in [6.07, 6.45) is 7.46.